The normalized spacial score (nSPS) is 23.4. The highest BCUT2D eigenvalue weighted by Crippen LogP contribution is 2.51. The first kappa shape index (κ1) is 58.5. The smallest absolute Gasteiger partial charge is 0.412 e. The Morgan fingerprint density at radius 3 is 0.689 bits per heavy atom. The topological polar surface area (TPSA) is 116 Å². The number of fused-ring (bicyclic) bond motifs is 14. The van der Waals surface area contributed by atoms with Gasteiger partial charge in [-0.15, -0.1) is 0 Å². The summed E-state index contributed by atoms with van der Waals surface area (Å²) in [5, 5.41) is 5.02. The Morgan fingerprint density at radius 1 is 0.233 bits per heavy atom. The van der Waals surface area contributed by atoms with E-state index in [1.165, 1.54) is 301 Å². The number of rotatable bonds is 8. The zero-order chi connectivity index (χ0) is 58.5. The highest BCUT2D eigenvalue weighted by atomic mass is 27.1. The minimum Gasteiger partial charge on any atom is -0.412 e. The summed E-state index contributed by atoms with van der Waals surface area (Å²) in [7, 11) is 0. The number of nitrogens with zero attached hydrogens (tertiary/aromatic N) is 8. The Kier molecular flexibility index (Phi) is 16.2. The molecule has 4 aliphatic heterocycles. The Labute approximate surface area is 541 Å². The molecule has 2 aromatic heterocycles. The molecular weight excluding hydrogens is 1120 g/mol. The third-order valence-electron chi connectivity index (χ3n) is 25.6. The molecule has 0 spiro atoms. The van der Waals surface area contributed by atoms with Crippen LogP contribution in [0.5, 0.6) is 0 Å². The van der Waals surface area contributed by atoms with Gasteiger partial charge in [-0.1, -0.05) is 154 Å². The van der Waals surface area contributed by atoms with Gasteiger partial charge < -0.3 is 12.6 Å². The summed E-state index contributed by atoms with van der Waals surface area (Å²) in [5.41, 5.74) is 19.7. The molecule has 467 valence electrons. The van der Waals surface area contributed by atoms with Crippen molar-refractivity contribution in [3.63, 3.8) is 0 Å². The maximum Gasteiger partial charge on any atom is 0.568 e. The Hall–Kier alpha value is -5.27. The predicted octanol–water partition coefficient (Wildman–Crippen LogP) is 20.0. The van der Waals surface area contributed by atoms with Crippen molar-refractivity contribution in [2.24, 2.45) is 30.0 Å². The quantitative estimate of drug-likeness (QED) is 0.135. The fourth-order valence-electron chi connectivity index (χ4n) is 20.8. The molecule has 8 aliphatic carbocycles. The van der Waals surface area contributed by atoms with Gasteiger partial charge in [0.2, 0.25) is 0 Å². The number of hydrogen-bond acceptors (Lipinski definition) is 6. The van der Waals surface area contributed by atoms with Crippen LogP contribution in [-0.2, 0) is 0 Å². The van der Waals surface area contributed by atoms with Crippen molar-refractivity contribution in [1.29, 1.82) is 0 Å². The summed E-state index contributed by atoms with van der Waals surface area (Å²) in [5.74, 6) is 10.1. The van der Waals surface area contributed by atoms with Crippen molar-refractivity contribution in [3.8, 4) is 0 Å². The fourth-order valence-corrected chi connectivity index (χ4v) is 22.3. The minimum atomic E-state index is -0.749. The first-order valence-electron chi connectivity index (χ1n) is 37.6. The van der Waals surface area contributed by atoms with E-state index in [2.05, 4.69) is 55.6 Å². The highest BCUT2D eigenvalue weighted by molar-refractivity contribution is 6.37. The molecule has 18 rings (SSSR count). The zero-order valence-electron chi connectivity index (χ0n) is 54.2. The Bertz CT molecular complexity index is 3780. The first-order valence-corrected chi connectivity index (χ1v) is 38.6. The van der Waals surface area contributed by atoms with E-state index >= 15 is 0 Å². The van der Waals surface area contributed by atoms with Gasteiger partial charge in [-0.2, -0.15) is 0 Å². The zero-order valence-corrected chi connectivity index (χ0v) is 55.3. The predicted molar refractivity (Wildman–Crippen MR) is 371 cm³/mol. The fraction of sp³-hybridized carbons (Fsp3) is 0.600. The molecule has 8 saturated carbocycles. The van der Waals surface area contributed by atoms with Crippen molar-refractivity contribution >= 4 is 72.2 Å². The van der Waals surface area contributed by atoms with Crippen LogP contribution in [0.4, 0.5) is 11.6 Å². The van der Waals surface area contributed by atoms with Crippen LogP contribution in [0.15, 0.2) is 78.5 Å². The number of aromatic nitrogens is 2. The van der Waals surface area contributed by atoms with Gasteiger partial charge in [0.15, 0.2) is 23.3 Å². The number of hydrogen-bond donors (Lipinski definition) is 0. The molecule has 0 saturated heterocycles. The lowest BCUT2D eigenvalue weighted by Crippen LogP contribution is -2.36. The van der Waals surface area contributed by atoms with Gasteiger partial charge in [0, 0.05) is 43.8 Å². The summed E-state index contributed by atoms with van der Waals surface area (Å²) in [6.45, 7) is 0. The van der Waals surface area contributed by atoms with Crippen LogP contribution in [0.25, 0.3) is 21.5 Å². The first-order chi connectivity index (χ1) is 44.1. The van der Waals surface area contributed by atoms with E-state index in [1.54, 1.807) is 44.5 Å². The van der Waals surface area contributed by atoms with E-state index in [9.17, 15) is 0 Å². The molecule has 6 bridgehead atoms. The number of benzene rings is 4. The molecule has 8 fully saturated rings. The maximum absolute atomic E-state index is 6.19. The van der Waals surface area contributed by atoms with Crippen LogP contribution in [0, 0.1) is 0 Å². The Morgan fingerprint density at radius 2 is 0.444 bits per heavy atom. The van der Waals surface area contributed by atoms with Crippen LogP contribution in [0.1, 0.15) is 371 Å². The summed E-state index contributed by atoms with van der Waals surface area (Å²) in [6, 6.07) is 21.4. The second-order valence-electron chi connectivity index (χ2n) is 30.9. The monoisotopic (exact) mass is 1210 g/mol. The van der Waals surface area contributed by atoms with E-state index in [4.69, 9.17) is 30.0 Å². The van der Waals surface area contributed by atoms with Crippen LogP contribution in [-0.4, -0.2) is 51.6 Å². The largest absolute Gasteiger partial charge is 0.568 e. The molecule has 0 atom stereocenters. The third kappa shape index (κ3) is 10.4. The molecule has 6 heterocycles. The molecule has 0 amide bonds. The van der Waals surface area contributed by atoms with Gasteiger partial charge >= 0.3 is 15.7 Å². The van der Waals surface area contributed by atoms with E-state index in [-0.39, 0.29) is 5.48 Å². The summed E-state index contributed by atoms with van der Waals surface area (Å²) < 4.78 is 5.27. The van der Waals surface area contributed by atoms with Gasteiger partial charge in [-0.25, -0.2) is 30.0 Å². The molecule has 0 unspecified atom stereocenters. The average Bonchev–Trinajstić information content (AvgIpc) is 1.59. The lowest BCUT2D eigenvalue weighted by atomic mass is 9.74. The third-order valence-corrected chi connectivity index (χ3v) is 27.0. The van der Waals surface area contributed by atoms with Crippen molar-refractivity contribution in [2.75, 3.05) is 0 Å². The second-order valence-corrected chi connectivity index (χ2v) is 32.2. The van der Waals surface area contributed by atoms with Crippen molar-refractivity contribution in [3.05, 3.63) is 126 Å². The molecule has 10 heteroatoms. The van der Waals surface area contributed by atoms with Crippen LogP contribution in [0.3, 0.4) is 0 Å². The lowest BCUT2D eigenvalue weighted by molar-refractivity contribution is 0.419. The van der Waals surface area contributed by atoms with Crippen LogP contribution >= 0.6 is 0 Å². The standard InChI is InChI=1S/C80H96N8.Al.H2O/c1-9-25-49(26-10-1)57-41-65-66(42-58(57)50-27-11-2-12-28-50)74-81-73(65)85-75-67-43-59(51-29-13-3-14-30-51)60(52-31-15-4-16-32-52)44-68(67)77(82-75)87-79-71-47-63(55-37-21-7-22-38-55)64(56-39-23-8-24-40-56)48-72(71)80(84-79)88-78-70-46-62(54-35-19-6-20-36-54)61(53-33-17-5-18-34-53)45-69(70)76(83-78)86-74;;/h41-56H,1-40H2;;1H2/q-2;+2;. The SMILES string of the molecule is O.c1c2c(cc(C3CCCCC3)c1C1CCCCC1)C1=Nc3c4cc(C5CCCCC5)c(C5CCCCC5)cc4c4[n]3[Al][n]3c(c5cc(C6CCCCC6)c(C6CCCCC6)cc5c3=NC3=NC(=N4)c4cc(C5CCCCC5)c(C5CCCCC5)cc43)=NC2=N1. The molecule has 12 aliphatic rings. The van der Waals surface area contributed by atoms with Crippen LogP contribution < -0.4 is 11.0 Å². The molecule has 9 nitrogen and oxygen atoms in total. The van der Waals surface area contributed by atoms with E-state index in [1.807, 2.05) is 0 Å². The van der Waals surface area contributed by atoms with Gasteiger partial charge in [0.1, 0.15) is 22.6 Å². The average molecular weight is 1210 g/mol. The summed E-state index contributed by atoms with van der Waals surface area (Å²) in [6.07, 6.45) is 52.5. The molecule has 1 radical (unpaired) electrons. The van der Waals surface area contributed by atoms with Crippen molar-refractivity contribution < 1.29 is 5.48 Å². The van der Waals surface area contributed by atoms with Gasteiger partial charge in [0.05, 0.1) is 0 Å². The van der Waals surface area contributed by atoms with Gasteiger partial charge in [-0.05, 0) is 243 Å². The van der Waals surface area contributed by atoms with E-state index < -0.39 is 15.7 Å². The number of amidine groups is 4. The van der Waals surface area contributed by atoms with Crippen LogP contribution in [0.2, 0.25) is 0 Å². The molecule has 4 aromatic carbocycles. The van der Waals surface area contributed by atoms with Gasteiger partial charge in [0.25, 0.3) is 0 Å². The van der Waals surface area contributed by atoms with E-state index in [0.29, 0.717) is 47.3 Å². The minimum absolute atomic E-state index is 0. The summed E-state index contributed by atoms with van der Waals surface area (Å²) in [4.78, 5) is 36.5. The second kappa shape index (κ2) is 24.9. The lowest BCUT2D eigenvalue weighted by Gasteiger charge is -2.30. The molecule has 90 heavy (non-hydrogen) atoms. The van der Waals surface area contributed by atoms with Gasteiger partial charge in [-0.3, -0.25) is 0 Å². The van der Waals surface area contributed by atoms with E-state index in [0.717, 1.165) is 46.0 Å². The highest BCUT2D eigenvalue weighted by Gasteiger charge is 2.38. The maximum atomic E-state index is 6.19. The van der Waals surface area contributed by atoms with Crippen molar-refractivity contribution in [1.82, 2.24) is 7.10 Å². The molecule has 2 N–H and O–H groups in total. The number of aliphatic imine (C=N–C) groups is 4. The summed E-state index contributed by atoms with van der Waals surface area (Å²) >= 11 is -0.749. The molecule has 6 aromatic rings. The van der Waals surface area contributed by atoms with Crippen molar-refractivity contribution in [2.45, 2.75) is 304 Å². The Balaban J connectivity index is 0.00000624. The molecular formula is C80H98AlN8O.